The minimum absolute atomic E-state index is 0.154. The van der Waals surface area contributed by atoms with Crippen LogP contribution in [0.3, 0.4) is 0 Å². The normalized spacial score (nSPS) is 23.6. The summed E-state index contributed by atoms with van der Waals surface area (Å²) in [6.07, 6.45) is 8.43. The molecule has 2 saturated carbocycles. The van der Waals surface area contributed by atoms with Crippen molar-refractivity contribution < 1.29 is 14.1 Å². The zero-order valence-corrected chi connectivity index (χ0v) is 14.9. The van der Waals surface area contributed by atoms with E-state index in [4.69, 9.17) is 9.26 Å². The number of hydrogen-bond donors (Lipinski definition) is 1. The van der Waals surface area contributed by atoms with Gasteiger partial charge in [0.05, 0.1) is 0 Å². The molecule has 1 N–H and O–H groups in total. The fraction of sp³-hybridized carbons (Fsp3) is 0.381. The Bertz CT molecular complexity index is 978. The van der Waals surface area contributed by atoms with Gasteiger partial charge in [-0.3, -0.25) is 9.78 Å². The maximum atomic E-state index is 12.5. The Morgan fingerprint density at radius 1 is 1.26 bits per heavy atom. The van der Waals surface area contributed by atoms with Gasteiger partial charge in [0.25, 0.3) is 5.91 Å². The highest BCUT2D eigenvalue weighted by atomic mass is 16.5. The van der Waals surface area contributed by atoms with Gasteiger partial charge in [-0.05, 0) is 43.2 Å². The van der Waals surface area contributed by atoms with Crippen molar-refractivity contribution in [3.63, 3.8) is 0 Å². The first-order valence-electron chi connectivity index (χ1n) is 9.48. The Hall–Kier alpha value is -2.89. The number of pyridine rings is 1. The zero-order chi connectivity index (χ0) is 18.2. The molecular weight excluding hydrogens is 342 g/mol. The summed E-state index contributed by atoms with van der Waals surface area (Å²) in [5, 5.41) is 9.05. The first-order chi connectivity index (χ1) is 13.3. The van der Waals surface area contributed by atoms with Crippen LogP contribution in [0.15, 0.2) is 47.2 Å². The molecule has 2 heterocycles. The van der Waals surface area contributed by atoms with Crippen molar-refractivity contribution in [2.75, 3.05) is 0 Å². The number of benzene rings is 1. The van der Waals surface area contributed by atoms with E-state index in [1.165, 1.54) is 19.3 Å². The van der Waals surface area contributed by atoms with Gasteiger partial charge in [-0.2, -0.15) is 0 Å². The molecule has 2 bridgehead atoms. The van der Waals surface area contributed by atoms with Gasteiger partial charge >= 0.3 is 0 Å². The lowest BCUT2D eigenvalue weighted by atomic mass is 9.95. The molecule has 27 heavy (non-hydrogen) atoms. The molecule has 0 radical (unpaired) electrons. The molecule has 0 unspecified atom stereocenters. The predicted octanol–water partition coefficient (Wildman–Crippen LogP) is 3.72. The first kappa shape index (κ1) is 16.3. The van der Waals surface area contributed by atoms with Crippen LogP contribution >= 0.6 is 0 Å². The smallest absolute Gasteiger partial charge is 0.273 e. The maximum Gasteiger partial charge on any atom is 0.273 e. The fourth-order valence-corrected chi connectivity index (χ4v) is 4.52. The van der Waals surface area contributed by atoms with E-state index in [0.29, 0.717) is 17.4 Å². The largest absolute Gasteiger partial charge is 0.485 e. The maximum absolute atomic E-state index is 12.5. The Labute approximate surface area is 156 Å². The molecule has 2 fully saturated rings. The predicted molar refractivity (Wildman–Crippen MR) is 99.3 cm³/mol. The quantitative estimate of drug-likeness (QED) is 0.747. The summed E-state index contributed by atoms with van der Waals surface area (Å²) in [6.45, 7) is 0.218. The highest BCUT2D eigenvalue weighted by molar-refractivity contribution is 5.92. The summed E-state index contributed by atoms with van der Waals surface area (Å²) < 4.78 is 11.2. The molecule has 2 aliphatic rings. The van der Waals surface area contributed by atoms with E-state index >= 15 is 0 Å². The Morgan fingerprint density at radius 3 is 3.07 bits per heavy atom. The third kappa shape index (κ3) is 3.16. The van der Waals surface area contributed by atoms with E-state index in [-0.39, 0.29) is 18.6 Å². The number of hydrogen-bond acceptors (Lipinski definition) is 5. The molecule has 0 saturated heterocycles. The van der Waals surface area contributed by atoms with Crippen molar-refractivity contribution in [2.45, 2.75) is 38.3 Å². The molecule has 0 aliphatic heterocycles. The van der Waals surface area contributed by atoms with Crippen LogP contribution in [0.4, 0.5) is 0 Å². The lowest BCUT2D eigenvalue weighted by molar-refractivity contribution is 0.0913. The average molecular weight is 363 g/mol. The average Bonchev–Trinajstić information content (AvgIpc) is 3.43. The fourth-order valence-electron chi connectivity index (χ4n) is 4.52. The Balaban J connectivity index is 1.23. The second kappa shape index (κ2) is 6.68. The van der Waals surface area contributed by atoms with Crippen LogP contribution in [0.2, 0.25) is 0 Å². The highest BCUT2D eigenvalue weighted by Gasteiger charge is 2.40. The molecule has 2 aromatic heterocycles. The van der Waals surface area contributed by atoms with E-state index in [9.17, 15) is 4.79 Å². The van der Waals surface area contributed by atoms with Gasteiger partial charge in [0, 0.05) is 35.3 Å². The summed E-state index contributed by atoms with van der Waals surface area (Å²) in [7, 11) is 0. The van der Waals surface area contributed by atoms with Crippen molar-refractivity contribution in [2.24, 2.45) is 11.8 Å². The molecule has 0 spiro atoms. The summed E-state index contributed by atoms with van der Waals surface area (Å²) in [5.41, 5.74) is 0.318. The lowest BCUT2D eigenvalue weighted by Gasteiger charge is -2.22. The number of nitrogens with zero attached hydrogens (tertiary/aromatic N) is 2. The van der Waals surface area contributed by atoms with Crippen LogP contribution in [0.5, 0.6) is 5.75 Å². The van der Waals surface area contributed by atoms with Gasteiger partial charge in [-0.25, -0.2) is 0 Å². The van der Waals surface area contributed by atoms with Gasteiger partial charge in [-0.1, -0.05) is 23.7 Å². The Morgan fingerprint density at radius 2 is 2.22 bits per heavy atom. The molecule has 6 heteroatoms. The van der Waals surface area contributed by atoms with Gasteiger partial charge in [0.15, 0.2) is 11.5 Å². The molecule has 138 valence electrons. The van der Waals surface area contributed by atoms with Gasteiger partial charge in [0.1, 0.15) is 12.4 Å². The van der Waals surface area contributed by atoms with Crippen LogP contribution in [0.25, 0.3) is 10.8 Å². The second-order valence-electron chi connectivity index (χ2n) is 7.57. The van der Waals surface area contributed by atoms with E-state index in [1.54, 1.807) is 18.5 Å². The summed E-state index contributed by atoms with van der Waals surface area (Å²) in [6, 6.07) is 9.68. The molecule has 1 amide bonds. The van der Waals surface area contributed by atoms with E-state index < -0.39 is 0 Å². The van der Waals surface area contributed by atoms with Crippen molar-refractivity contribution >= 4 is 16.7 Å². The minimum atomic E-state index is -0.154. The lowest BCUT2D eigenvalue weighted by Crippen LogP contribution is -2.38. The SMILES string of the molecule is O=C(N[C@@H]1C[C@@H]2CC[C@H]1C2)c1cc(COc2cccc3cnccc23)on1. The van der Waals surface area contributed by atoms with E-state index in [2.05, 4.69) is 15.5 Å². The van der Waals surface area contributed by atoms with Crippen LogP contribution in [-0.4, -0.2) is 22.1 Å². The highest BCUT2D eigenvalue weighted by Crippen LogP contribution is 2.44. The molecule has 2 aliphatic carbocycles. The third-order valence-corrected chi connectivity index (χ3v) is 5.86. The molecule has 6 nitrogen and oxygen atoms in total. The minimum Gasteiger partial charge on any atom is -0.485 e. The third-order valence-electron chi connectivity index (χ3n) is 5.86. The monoisotopic (exact) mass is 363 g/mol. The van der Waals surface area contributed by atoms with Crippen molar-refractivity contribution in [1.29, 1.82) is 0 Å². The summed E-state index contributed by atoms with van der Waals surface area (Å²) in [5.74, 6) is 2.55. The number of carbonyl (C=O) groups excluding carboxylic acids is 1. The number of ether oxygens (including phenoxy) is 1. The van der Waals surface area contributed by atoms with Crippen LogP contribution in [0, 0.1) is 11.8 Å². The number of aromatic nitrogens is 2. The number of fused-ring (bicyclic) bond motifs is 3. The van der Waals surface area contributed by atoms with Crippen molar-refractivity contribution in [3.8, 4) is 5.75 Å². The zero-order valence-electron chi connectivity index (χ0n) is 14.9. The molecule has 3 atom stereocenters. The second-order valence-corrected chi connectivity index (χ2v) is 7.57. The van der Waals surface area contributed by atoms with Gasteiger partial charge in [-0.15, -0.1) is 0 Å². The number of rotatable bonds is 5. The summed E-state index contributed by atoms with van der Waals surface area (Å²) in [4.78, 5) is 16.6. The van der Waals surface area contributed by atoms with Crippen LogP contribution in [0.1, 0.15) is 41.9 Å². The molecule has 1 aromatic carbocycles. The number of amides is 1. The molecule has 3 aromatic rings. The van der Waals surface area contributed by atoms with Gasteiger partial charge in [0.2, 0.25) is 0 Å². The number of carbonyl (C=O) groups is 1. The van der Waals surface area contributed by atoms with Crippen LogP contribution in [-0.2, 0) is 6.61 Å². The van der Waals surface area contributed by atoms with Crippen LogP contribution < -0.4 is 10.1 Å². The summed E-state index contributed by atoms with van der Waals surface area (Å²) >= 11 is 0. The Kier molecular flexibility index (Phi) is 4.03. The van der Waals surface area contributed by atoms with E-state index in [0.717, 1.165) is 28.9 Å². The standard InChI is InChI=1S/C21H21N3O3/c25-21(23-18-9-13-4-5-14(18)8-13)19-10-16(27-24-19)12-26-20-3-1-2-15-11-22-7-6-17(15)20/h1-3,6-7,10-11,13-14,18H,4-5,8-9,12H2,(H,23,25)/t13-,14+,18-/m1/s1. The van der Waals surface area contributed by atoms with Crippen molar-refractivity contribution in [1.82, 2.24) is 15.5 Å². The number of nitrogens with one attached hydrogen (secondary N) is 1. The van der Waals surface area contributed by atoms with Gasteiger partial charge < -0.3 is 14.6 Å². The molecular formula is C21H21N3O3. The molecule has 5 rings (SSSR count). The topological polar surface area (TPSA) is 77.2 Å². The van der Waals surface area contributed by atoms with Crippen molar-refractivity contribution in [3.05, 3.63) is 54.2 Å². The first-order valence-corrected chi connectivity index (χ1v) is 9.48. The van der Waals surface area contributed by atoms with E-state index in [1.807, 2.05) is 24.3 Å².